The first-order valence-corrected chi connectivity index (χ1v) is 10.4. The van der Waals surface area contributed by atoms with Crippen LogP contribution in [0.3, 0.4) is 0 Å². The highest BCUT2D eigenvalue weighted by molar-refractivity contribution is 14.0. The molecule has 0 aliphatic carbocycles. The molecule has 0 saturated carbocycles. The number of benzene rings is 1. The molecule has 3 rings (SSSR count). The van der Waals surface area contributed by atoms with Crippen molar-refractivity contribution in [2.45, 2.75) is 38.8 Å². The molecule has 1 unspecified atom stereocenters. The number of hydrogen-bond donors (Lipinski definition) is 2. The third-order valence-electron chi connectivity index (χ3n) is 4.89. The summed E-state index contributed by atoms with van der Waals surface area (Å²) in [5.74, 6) is 1.01. The summed E-state index contributed by atoms with van der Waals surface area (Å²) in [5, 5.41) is 8.77. The van der Waals surface area contributed by atoms with E-state index in [0.717, 1.165) is 38.4 Å². The fourth-order valence-corrected chi connectivity index (χ4v) is 4.06. The molecular formula is C21H29IN4OS. The van der Waals surface area contributed by atoms with E-state index in [1.165, 1.54) is 16.0 Å². The van der Waals surface area contributed by atoms with E-state index in [4.69, 9.17) is 0 Å². The Morgan fingerprint density at radius 1 is 1.25 bits per heavy atom. The molecule has 1 aromatic heterocycles. The Kier molecular flexibility index (Phi) is 9.24. The Morgan fingerprint density at radius 3 is 2.75 bits per heavy atom. The number of thiophene rings is 1. The van der Waals surface area contributed by atoms with Crippen LogP contribution < -0.4 is 10.6 Å². The van der Waals surface area contributed by atoms with Crippen LogP contribution in [0.5, 0.6) is 0 Å². The average Bonchev–Trinajstić information content (AvgIpc) is 3.24. The molecule has 2 N–H and O–H groups in total. The van der Waals surface area contributed by atoms with Crippen LogP contribution in [0.4, 0.5) is 0 Å². The predicted molar refractivity (Wildman–Crippen MR) is 127 cm³/mol. The summed E-state index contributed by atoms with van der Waals surface area (Å²) < 4.78 is 0. The third kappa shape index (κ3) is 6.20. The predicted octanol–water partition coefficient (Wildman–Crippen LogP) is 3.96. The standard InChI is InChI=1S/C21H28N4OS.HI/c1-16(19-9-6-14-27-19)24-21(22-2)23-12-5-10-20(26)25-13-11-17-7-3-4-8-18(17)15-25;/h3-4,6-9,14,16H,5,10-13,15H2,1-2H3,(H2,22,23,24);1H. The fraction of sp³-hybridized carbons (Fsp3) is 0.429. The van der Waals surface area contributed by atoms with E-state index in [9.17, 15) is 4.79 Å². The molecule has 0 fully saturated rings. The van der Waals surface area contributed by atoms with Gasteiger partial charge >= 0.3 is 0 Å². The van der Waals surface area contributed by atoms with Gasteiger partial charge in [-0.2, -0.15) is 0 Å². The molecular weight excluding hydrogens is 483 g/mol. The van der Waals surface area contributed by atoms with Gasteiger partial charge in [0, 0.05) is 38.0 Å². The summed E-state index contributed by atoms with van der Waals surface area (Å²) in [7, 11) is 1.77. The maximum absolute atomic E-state index is 12.5. The quantitative estimate of drug-likeness (QED) is 0.267. The first-order valence-electron chi connectivity index (χ1n) is 9.52. The highest BCUT2D eigenvalue weighted by Gasteiger charge is 2.19. The van der Waals surface area contributed by atoms with E-state index in [1.54, 1.807) is 18.4 Å². The van der Waals surface area contributed by atoms with Crippen LogP contribution >= 0.6 is 35.3 Å². The molecule has 5 nitrogen and oxygen atoms in total. The summed E-state index contributed by atoms with van der Waals surface area (Å²) >= 11 is 1.73. The second-order valence-electron chi connectivity index (χ2n) is 6.82. The molecule has 2 heterocycles. The number of guanidine groups is 1. The highest BCUT2D eigenvalue weighted by Crippen LogP contribution is 2.19. The number of nitrogens with one attached hydrogen (secondary N) is 2. The number of rotatable bonds is 6. The van der Waals surface area contributed by atoms with Crippen LogP contribution in [0.2, 0.25) is 0 Å². The lowest BCUT2D eigenvalue weighted by molar-refractivity contribution is -0.132. The van der Waals surface area contributed by atoms with E-state index in [-0.39, 0.29) is 35.9 Å². The van der Waals surface area contributed by atoms with Gasteiger partial charge in [0.1, 0.15) is 0 Å². The van der Waals surface area contributed by atoms with Crippen molar-refractivity contribution in [3.63, 3.8) is 0 Å². The maximum Gasteiger partial charge on any atom is 0.222 e. The van der Waals surface area contributed by atoms with Crippen LogP contribution in [-0.2, 0) is 17.8 Å². The second-order valence-corrected chi connectivity index (χ2v) is 7.80. The minimum atomic E-state index is 0. The summed E-state index contributed by atoms with van der Waals surface area (Å²) in [6, 6.07) is 12.8. The van der Waals surface area contributed by atoms with Crippen molar-refractivity contribution >= 4 is 47.2 Å². The molecule has 0 spiro atoms. The van der Waals surface area contributed by atoms with Gasteiger partial charge in [0.2, 0.25) is 5.91 Å². The lowest BCUT2D eigenvalue weighted by atomic mass is 9.99. The van der Waals surface area contributed by atoms with Gasteiger partial charge in [-0.05, 0) is 42.3 Å². The first-order chi connectivity index (χ1) is 13.2. The average molecular weight is 512 g/mol. The van der Waals surface area contributed by atoms with Crippen molar-refractivity contribution in [2.24, 2.45) is 4.99 Å². The van der Waals surface area contributed by atoms with E-state index in [0.29, 0.717) is 6.42 Å². The third-order valence-corrected chi connectivity index (χ3v) is 5.95. The maximum atomic E-state index is 12.5. The minimum Gasteiger partial charge on any atom is -0.356 e. The molecule has 1 atom stereocenters. The number of halogens is 1. The number of hydrogen-bond acceptors (Lipinski definition) is 3. The van der Waals surface area contributed by atoms with Gasteiger partial charge < -0.3 is 15.5 Å². The normalized spacial score (nSPS) is 14.6. The molecule has 1 aliphatic heterocycles. The molecule has 7 heteroatoms. The lowest BCUT2D eigenvalue weighted by Gasteiger charge is -2.29. The van der Waals surface area contributed by atoms with Crippen molar-refractivity contribution in [1.82, 2.24) is 15.5 Å². The Labute approximate surface area is 188 Å². The lowest BCUT2D eigenvalue weighted by Crippen LogP contribution is -2.39. The van der Waals surface area contributed by atoms with E-state index in [1.807, 2.05) is 11.0 Å². The highest BCUT2D eigenvalue weighted by atomic mass is 127. The zero-order valence-corrected chi connectivity index (χ0v) is 19.6. The summed E-state index contributed by atoms with van der Waals surface area (Å²) in [6.07, 6.45) is 2.31. The number of aliphatic imine (C=N–C) groups is 1. The molecule has 1 aliphatic rings. The fourth-order valence-electron chi connectivity index (χ4n) is 3.32. The molecule has 0 bridgehead atoms. The topological polar surface area (TPSA) is 56.7 Å². The van der Waals surface area contributed by atoms with Gasteiger partial charge in [-0.1, -0.05) is 30.3 Å². The van der Waals surface area contributed by atoms with Crippen LogP contribution in [0.15, 0.2) is 46.8 Å². The van der Waals surface area contributed by atoms with E-state index < -0.39 is 0 Å². The Hall–Kier alpha value is -1.61. The summed E-state index contributed by atoms with van der Waals surface area (Å²) in [6.45, 7) is 4.41. The Balaban J connectivity index is 0.00000280. The van der Waals surface area contributed by atoms with Crippen molar-refractivity contribution in [3.05, 3.63) is 57.8 Å². The van der Waals surface area contributed by atoms with Gasteiger partial charge in [-0.15, -0.1) is 35.3 Å². The van der Waals surface area contributed by atoms with Gasteiger partial charge in [-0.3, -0.25) is 9.79 Å². The van der Waals surface area contributed by atoms with Crippen molar-refractivity contribution in [1.29, 1.82) is 0 Å². The van der Waals surface area contributed by atoms with Gasteiger partial charge in [-0.25, -0.2) is 0 Å². The zero-order chi connectivity index (χ0) is 19.1. The van der Waals surface area contributed by atoms with E-state index >= 15 is 0 Å². The van der Waals surface area contributed by atoms with Crippen LogP contribution in [0.25, 0.3) is 0 Å². The smallest absolute Gasteiger partial charge is 0.222 e. The number of carbonyl (C=O) groups excluding carboxylic acids is 1. The van der Waals surface area contributed by atoms with Crippen molar-refractivity contribution < 1.29 is 4.79 Å². The molecule has 0 radical (unpaired) electrons. The van der Waals surface area contributed by atoms with Gasteiger partial charge in [0.25, 0.3) is 0 Å². The monoisotopic (exact) mass is 512 g/mol. The number of nitrogens with zero attached hydrogens (tertiary/aromatic N) is 2. The summed E-state index contributed by atoms with van der Waals surface area (Å²) in [5.41, 5.74) is 2.65. The van der Waals surface area contributed by atoms with Crippen LogP contribution in [0.1, 0.15) is 41.8 Å². The number of amides is 1. The molecule has 2 aromatic rings. The van der Waals surface area contributed by atoms with Crippen LogP contribution in [0, 0.1) is 0 Å². The molecule has 1 amide bonds. The van der Waals surface area contributed by atoms with Gasteiger partial charge in [0.15, 0.2) is 5.96 Å². The molecule has 152 valence electrons. The minimum absolute atomic E-state index is 0. The van der Waals surface area contributed by atoms with Crippen LogP contribution in [-0.4, -0.2) is 36.9 Å². The zero-order valence-electron chi connectivity index (χ0n) is 16.5. The Morgan fingerprint density at radius 2 is 2.04 bits per heavy atom. The Bertz CT molecular complexity index is 778. The summed E-state index contributed by atoms with van der Waals surface area (Å²) in [4.78, 5) is 20.0. The molecule has 1 aromatic carbocycles. The van der Waals surface area contributed by atoms with Crippen molar-refractivity contribution in [3.8, 4) is 0 Å². The molecule has 0 saturated heterocycles. The second kappa shape index (κ2) is 11.4. The largest absolute Gasteiger partial charge is 0.356 e. The van der Waals surface area contributed by atoms with Crippen molar-refractivity contribution in [2.75, 3.05) is 20.1 Å². The van der Waals surface area contributed by atoms with E-state index in [2.05, 4.69) is 58.3 Å². The molecule has 28 heavy (non-hydrogen) atoms. The first kappa shape index (κ1) is 22.7. The van der Waals surface area contributed by atoms with Gasteiger partial charge in [0.05, 0.1) is 6.04 Å². The SMILES string of the molecule is CN=C(NCCCC(=O)N1CCc2ccccc2C1)NC(C)c1cccs1.I. The number of fused-ring (bicyclic) bond motifs is 1. The number of carbonyl (C=O) groups is 1.